The van der Waals surface area contributed by atoms with E-state index < -0.39 is 15.4 Å². The minimum atomic E-state index is -3.97. The monoisotopic (exact) mass is 390 g/mol. The van der Waals surface area contributed by atoms with Crippen LogP contribution in [-0.4, -0.2) is 43.0 Å². The smallest absolute Gasteiger partial charge is 0.309 e. The highest BCUT2D eigenvalue weighted by Gasteiger charge is 2.33. The molecule has 26 heavy (non-hydrogen) atoms. The standard InChI is InChI=1S/C19H34O6S/c1-2-3-4-5-14-24-16-8-6-15(7-9-16)19(20)25-17-10-12-18(13-11-17)26(21,22)23/h15-18H,2-14H2,1H3,(H,21,22,23). The van der Waals surface area contributed by atoms with Gasteiger partial charge in [0.2, 0.25) is 0 Å². The number of hydrogen-bond donors (Lipinski definition) is 1. The number of rotatable bonds is 9. The number of carbonyl (C=O) groups is 1. The summed E-state index contributed by atoms with van der Waals surface area (Å²) in [5.74, 6) is -0.212. The van der Waals surface area contributed by atoms with Crippen molar-refractivity contribution in [2.24, 2.45) is 5.92 Å². The molecular formula is C19H34O6S. The Kier molecular flexibility index (Phi) is 8.84. The van der Waals surface area contributed by atoms with Crippen LogP contribution in [0, 0.1) is 5.92 Å². The highest BCUT2D eigenvalue weighted by molar-refractivity contribution is 7.86. The normalized spacial score (nSPS) is 30.1. The molecule has 0 atom stereocenters. The minimum absolute atomic E-state index is 0.0609. The van der Waals surface area contributed by atoms with Crippen molar-refractivity contribution in [1.29, 1.82) is 0 Å². The van der Waals surface area contributed by atoms with Gasteiger partial charge in [0.15, 0.2) is 0 Å². The van der Waals surface area contributed by atoms with E-state index >= 15 is 0 Å². The zero-order valence-corrected chi connectivity index (χ0v) is 16.7. The van der Waals surface area contributed by atoms with E-state index in [-0.39, 0.29) is 24.1 Å². The first-order valence-corrected chi connectivity index (χ1v) is 11.7. The Hall–Kier alpha value is -0.660. The molecule has 0 aromatic carbocycles. The van der Waals surface area contributed by atoms with Crippen LogP contribution in [0.3, 0.4) is 0 Å². The van der Waals surface area contributed by atoms with Gasteiger partial charge in [-0.3, -0.25) is 9.35 Å². The molecule has 7 heteroatoms. The summed E-state index contributed by atoms with van der Waals surface area (Å²) in [6.45, 7) is 3.01. The SMILES string of the molecule is CCCCCCOC1CCC(C(=O)OC2CCC(S(=O)(=O)O)CC2)CC1. The van der Waals surface area contributed by atoms with E-state index in [0.29, 0.717) is 25.7 Å². The van der Waals surface area contributed by atoms with Crippen molar-refractivity contribution in [2.45, 2.75) is 101 Å². The van der Waals surface area contributed by atoms with Crippen LogP contribution >= 0.6 is 0 Å². The Morgan fingerprint density at radius 1 is 0.923 bits per heavy atom. The molecule has 2 rings (SSSR count). The lowest BCUT2D eigenvalue weighted by Crippen LogP contribution is -2.34. The van der Waals surface area contributed by atoms with Gasteiger partial charge in [0.1, 0.15) is 6.10 Å². The van der Waals surface area contributed by atoms with Crippen molar-refractivity contribution in [3.05, 3.63) is 0 Å². The summed E-state index contributed by atoms with van der Waals surface area (Å²) in [4.78, 5) is 12.4. The molecule has 0 bridgehead atoms. The fraction of sp³-hybridized carbons (Fsp3) is 0.947. The largest absolute Gasteiger partial charge is 0.462 e. The molecule has 0 aliphatic heterocycles. The second-order valence-corrected chi connectivity index (χ2v) is 9.45. The maximum Gasteiger partial charge on any atom is 0.309 e. The van der Waals surface area contributed by atoms with E-state index in [2.05, 4.69) is 6.92 Å². The van der Waals surface area contributed by atoms with Gasteiger partial charge in [0.05, 0.1) is 17.3 Å². The molecule has 0 aromatic heterocycles. The Bertz CT molecular complexity index is 516. The van der Waals surface area contributed by atoms with E-state index in [9.17, 15) is 13.2 Å². The summed E-state index contributed by atoms with van der Waals surface area (Å²) in [5.41, 5.74) is 0. The van der Waals surface area contributed by atoms with E-state index in [1.165, 1.54) is 19.3 Å². The van der Waals surface area contributed by atoms with Crippen LogP contribution in [0.2, 0.25) is 0 Å². The van der Waals surface area contributed by atoms with Gasteiger partial charge in [-0.2, -0.15) is 8.42 Å². The van der Waals surface area contributed by atoms with Crippen molar-refractivity contribution in [1.82, 2.24) is 0 Å². The third kappa shape index (κ3) is 7.16. The molecule has 2 aliphatic carbocycles. The van der Waals surface area contributed by atoms with Gasteiger partial charge in [-0.1, -0.05) is 26.2 Å². The van der Waals surface area contributed by atoms with Crippen molar-refractivity contribution >= 4 is 16.1 Å². The molecule has 0 aromatic rings. The van der Waals surface area contributed by atoms with Crippen LogP contribution in [0.15, 0.2) is 0 Å². The lowest BCUT2D eigenvalue weighted by Gasteiger charge is -2.30. The van der Waals surface area contributed by atoms with Crippen LogP contribution < -0.4 is 0 Å². The number of esters is 1. The van der Waals surface area contributed by atoms with Crippen molar-refractivity contribution in [3.8, 4) is 0 Å². The highest BCUT2D eigenvalue weighted by Crippen LogP contribution is 2.30. The van der Waals surface area contributed by atoms with Gasteiger partial charge in [-0.05, 0) is 57.8 Å². The summed E-state index contributed by atoms with van der Waals surface area (Å²) in [5, 5.41) is -0.706. The van der Waals surface area contributed by atoms with Crippen molar-refractivity contribution in [2.75, 3.05) is 6.61 Å². The predicted octanol–water partition coefficient (Wildman–Crippen LogP) is 3.88. The molecule has 0 radical (unpaired) electrons. The van der Waals surface area contributed by atoms with Gasteiger partial charge >= 0.3 is 5.97 Å². The maximum absolute atomic E-state index is 12.4. The first kappa shape index (κ1) is 21.6. The lowest BCUT2D eigenvalue weighted by atomic mass is 9.87. The Labute approximate surface area is 157 Å². The van der Waals surface area contributed by atoms with Gasteiger partial charge in [-0.15, -0.1) is 0 Å². The molecule has 2 aliphatic rings. The van der Waals surface area contributed by atoms with Crippen LogP contribution in [0.25, 0.3) is 0 Å². The fourth-order valence-corrected chi connectivity index (χ4v) is 4.82. The third-order valence-corrected chi connectivity index (χ3v) is 7.00. The Morgan fingerprint density at radius 2 is 1.54 bits per heavy atom. The number of ether oxygens (including phenoxy) is 2. The van der Waals surface area contributed by atoms with E-state index in [4.69, 9.17) is 14.0 Å². The first-order chi connectivity index (χ1) is 12.4. The van der Waals surface area contributed by atoms with Crippen LogP contribution in [0.1, 0.15) is 84.0 Å². The average Bonchev–Trinajstić information content (AvgIpc) is 2.62. The zero-order valence-electron chi connectivity index (χ0n) is 15.9. The number of unbranched alkanes of at least 4 members (excludes halogenated alkanes) is 3. The molecule has 0 heterocycles. The molecule has 2 saturated carbocycles. The molecule has 152 valence electrons. The fourth-order valence-electron chi connectivity index (χ4n) is 3.95. The van der Waals surface area contributed by atoms with Gasteiger partial charge in [0.25, 0.3) is 10.1 Å². The summed E-state index contributed by atoms with van der Waals surface area (Å²) in [6.07, 6.45) is 10.0. The third-order valence-electron chi connectivity index (χ3n) is 5.68. The van der Waals surface area contributed by atoms with Gasteiger partial charge in [0, 0.05) is 6.61 Å². The molecule has 6 nitrogen and oxygen atoms in total. The Morgan fingerprint density at radius 3 is 2.12 bits per heavy atom. The van der Waals surface area contributed by atoms with Gasteiger partial charge in [-0.25, -0.2) is 0 Å². The molecule has 0 amide bonds. The maximum atomic E-state index is 12.4. The van der Waals surface area contributed by atoms with Crippen LogP contribution in [0.4, 0.5) is 0 Å². The average molecular weight is 391 g/mol. The van der Waals surface area contributed by atoms with E-state index in [1.54, 1.807) is 0 Å². The van der Waals surface area contributed by atoms with E-state index in [1.807, 2.05) is 0 Å². The number of hydrogen-bond acceptors (Lipinski definition) is 5. The summed E-state index contributed by atoms with van der Waals surface area (Å²) >= 11 is 0. The highest BCUT2D eigenvalue weighted by atomic mass is 32.2. The molecule has 0 spiro atoms. The van der Waals surface area contributed by atoms with Crippen LogP contribution in [-0.2, 0) is 24.4 Å². The quantitative estimate of drug-likeness (QED) is 0.365. The lowest BCUT2D eigenvalue weighted by molar-refractivity contribution is -0.157. The van der Waals surface area contributed by atoms with Gasteiger partial charge < -0.3 is 9.47 Å². The molecule has 0 unspecified atom stereocenters. The summed E-state index contributed by atoms with van der Waals surface area (Å²) in [6, 6.07) is 0. The van der Waals surface area contributed by atoms with E-state index in [0.717, 1.165) is 38.7 Å². The molecule has 2 fully saturated rings. The molecule has 1 N–H and O–H groups in total. The summed E-state index contributed by atoms with van der Waals surface area (Å²) in [7, 11) is -3.97. The second-order valence-electron chi connectivity index (χ2n) is 7.76. The number of carbonyl (C=O) groups excluding carboxylic acids is 1. The second kappa shape index (κ2) is 10.6. The topological polar surface area (TPSA) is 89.9 Å². The minimum Gasteiger partial charge on any atom is -0.462 e. The van der Waals surface area contributed by atoms with Crippen molar-refractivity contribution in [3.63, 3.8) is 0 Å². The predicted molar refractivity (Wildman–Crippen MR) is 99.5 cm³/mol. The van der Waals surface area contributed by atoms with Crippen molar-refractivity contribution < 1.29 is 27.2 Å². The summed E-state index contributed by atoms with van der Waals surface area (Å²) < 4.78 is 42.9. The van der Waals surface area contributed by atoms with Crippen LogP contribution in [0.5, 0.6) is 0 Å². The first-order valence-electron chi connectivity index (χ1n) is 10.2. The zero-order chi connectivity index (χ0) is 19.0. The molecule has 0 saturated heterocycles. The Balaban J connectivity index is 1.61. The molecular weight excluding hydrogens is 356 g/mol.